The van der Waals surface area contributed by atoms with Crippen LogP contribution in [-0.2, 0) is 16.6 Å². The smallest absolute Gasteiger partial charge is 0.256 e. The minimum atomic E-state index is -0.563. The van der Waals surface area contributed by atoms with Gasteiger partial charge in [0, 0.05) is 49.5 Å². The third-order valence-corrected chi connectivity index (χ3v) is 8.34. The van der Waals surface area contributed by atoms with Crippen molar-refractivity contribution in [3.63, 3.8) is 0 Å². The summed E-state index contributed by atoms with van der Waals surface area (Å²) >= 11 is 0. The molecule has 2 saturated carbocycles. The van der Waals surface area contributed by atoms with Gasteiger partial charge in [-0.3, -0.25) is 24.2 Å². The number of amidine groups is 1. The molecule has 0 N–H and O–H groups in total. The summed E-state index contributed by atoms with van der Waals surface area (Å²) in [6, 6.07) is 14.5. The summed E-state index contributed by atoms with van der Waals surface area (Å²) in [4.78, 5) is 34.5. The van der Waals surface area contributed by atoms with Gasteiger partial charge in [0.1, 0.15) is 17.4 Å². The molecule has 186 valence electrons. The first-order chi connectivity index (χ1) is 17.9. The molecule has 8 nitrogen and oxygen atoms in total. The lowest BCUT2D eigenvalue weighted by Crippen LogP contribution is -2.55. The van der Waals surface area contributed by atoms with Gasteiger partial charge in [-0.2, -0.15) is 10.4 Å². The fourth-order valence-electron chi connectivity index (χ4n) is 5.81. The molecule has 8 heteroatoms. The Morgan fingerprint density at radius 3 is 2.54 bits per heavy atom. The predicted octanol–water partition coefficient (Wildman–Crippen LogP) is 3.41. The van der Waals surface area contributed by atoms with Crippen molar-refractivity contribution in [3.8, 4) is 17.2 Å². The van der Waals surface area contributed by atoms with E-state index >= 15 is 0 Å². The minimum absolute atomic E-state index is 0.115. The lowest BCUT2D eigenvalue weighted by molar-refractivity contribution is -0.139. The van der Waals surface area contributed by atoms with Crippen molar-refractivity contribution in [2.45, 2.75) is 38.1 Å². The van der Waals surface area contributed by atoms with E-state index in [1.165, 1.54) is 0 Å². The van der Waals surface area contributed by atoms with Crippen molar-refractivity contribution in [2.75, 3.05) is 19.6 Å². The molecule has 2 amide bonds. The van der Waals surface area contributed by atoms with Crippen LogP contribution in [0.2, 0.25) is 0 Å². The van der Waals surface area contributed by atoms with Crippen molar-refractivity contribution in [2.24, 2.45) is 23.9 Å². The van der Waals surface area contributed by atoms with E-state index in [1.807, 2.05) is 35.0 Å². The summed E-state index contributed by atoms with van der Waals surface area (Å²) < 4.78 is 1.73. The number of rotatable bonds is 5. The van der Waals surface area contributed by atoms with E-state index in [2.05, 4.69) is 36.3 Å². The normalized spacial score (nSPS) is 20.4. The van der Waals surface area contributed by atoms with Gasteiger partial charge in [-0.05, 0) is 61.4 Å². The van der Waals surface area contributed by atoms with Crippen LogP contribution in [0, 0.1) is 30.1 Å². The Morgan fingerprint density at radius 2 is 1.86 bits per heavy atom. The number of nitrogens with zero attached hydrogens (tertiary/aromatic N) is 6. The molecule has 0 atom stereocenters. The summed E-state index contributed by atoms with van der Waals surface area (Å²) in [5.41, 5.74) is 4.87. The monoisotopic (exact) mass is 492 g/mol. The Hall–Kier alpha value is -3.99. The number of carbonyl (C=O) groups excluding carboxylic acids is 2. The Morgan fingerprint density at radius 1 is 1.14 bits per heavy atom. The van der Waals surface area contributed by atoms with E-state index in [0.29, 0.717) is 18.2 Å². The zero-order valence-electron chi connectivity index (χ0n) is 21.1. The van der Waals surface area contributed by atoms with Crippen molar-refractivity contribution >= 4 is 28.6 Å². The highest BCUT2D eigenvalue weighted by Crippen LogP contribution is 2.46. The van der Waals surface area contributed by atoms with Gasteiger partial charge in [-0.1, -0.05) is 24.3 Å². The predicted molar refractivity (Wildman–Crippen MR) is 139 cm³/mol. The standard InChI is InChI=1S/C29H28N6O2/c1-17-11-20(21-6-8-25-23(12-21)24(13-30)32-33(25)2)5-7-22(17)26-31-29(9-10-29)28(37)35(26)16-18-14-34(15-18)27(36)19-3-4-19/h5-8,11-12,18-19H,3-4,9-10,14-16H2,1-2H3. The topological polar surface area (TPSA) is 94.6 Å². The van der Waals surface area contributed by atoms with Crippen molar-refractivity contribution in [1.82, 2.24) is 19.6 Å². The van der Waals surface area contributed by atoms with E-state index < -0.39 is 5.54 Å². The Bertz CT molecular complexity index is 1560. The van der Waals surface area contributed by atoms with Gasteiger partial charge in [-0.25, -0.2) is 0 Å². The molecule has 2 aliphatic heterocycles. The molecular weight excluding hydrogens is 464 g/mol. The molecule has 1 aromatic heterocycles. The average molecular weight is 493 g/mol. The number of benzene rings is 2. The molecule has 4 aliphatic rings. The molecule has 2 aliphatic carbocycles. The van der Waals surface area contributed by atoms with Gasteiger partial charge in [0.15, 0.2) is 5.69 Å². The van der Waals surface area contributed by atoms with Gasteiger partial charge in [-0.15, -0.1) is 0 Å². The maximum atomic E-state index is 13.4. The van der Waals surface area contributed by atoms with Crippen molar-refractivity contribution < 1.29 is 9.59 Å². The van der Waals surface area contributed by atoms with Crippen LogP contribution in [0.3, 0.4) is 0 Å². The van der Waals surface area contributed by atoms with Crippen LogP contribution in [0.4, 0.5) is 0 Å². The lowest BCUT2D eigenvalue weighted by Gasteiger charge is -2.41. The second-order valence-electron chi connectivity index (χ2n) is 11.1. The third-order valence-electron chi connectivity index (χ3n) is 8.34. The quantitative estimate of drug-likeness (QED) is 0.545. The highest BCUT2D eigenvalue weighted by atomic mass is 16.2. The summed E-state index contributed by atoms with van der Waals surface area (Å²) in [5, 5.41) is 14.6. The van der Waals surface area contributed by atoms with Crippen LogP contribution < -0.4 is 0 Å². The Labute approximate surface area is 215 Å². The number of likely N-dealkylation sites (tertiary alicyclic amines) is 1. The summed E-state index contributed by atoms with van der Waals surface area (Å²) in [6.45, 7) is 4.14. The molecular formula is C29H28N6O2. The molecule has 1 spiro atoms. The number of amides is 2. The van der Waals surface area contributed by atoms with Gasteiger partial charge < -0.3 is 4.90 Å². The van der Waals surface area contributed by atoms with Gasteiger partial charge in [0.05, 0.1) is 5.52 Å². The molecule has 7 rings (SSSR count). The molecule has 3 aromatic rings. The molecule has 3 fully saturated rings. The minimum Gasteiger partial charge on any atom is -0.342 e. The number of hydrogen-bond donors (Lipinski definition) is 0. The molecule has 0 unspecified atom stereocenters. The number of aromatic nitrogens is 2. The van der Waals surface area contributed by atoms with Crippen LogP contribution in [0.1, 0.15) is 42.5 Å². The molecule has 1 saturated heterocycles. The largest absolute Gasteiger partial charge is 0.342 e. The number of carbonyl (C=O) groups is 2. The average Bonchev–Trinajstić information content (AvgIpc) is 3.79. The fraction of sp³-hybridized carbons (Fsp3) is 0.414. The first-order valence-corrected chi connectivity index (χ1v) is 13.1. The van der Waals surface area contributed by atoms with E-state index in [4.69, 9.17) is 4.99 Å². The lowest BCUT2D eigenvalue weighted by atomic mass is 9.96. The highest BCUT2D eigenvalue weighted by molar-refractivity contribution is 6.17. The van der Waals surface area contributed by atoms with Crippen molar-refractivity contribution in [1.29, 1.82) is 5.26 Å². The maximum absolute atomic E-state index is 13.4. The number of aryl methyl sites for hydroxylation is 2. The van der Waals surface area contributed by atoms with E-state index in [0.717, 1.165) is 77.8 Å². The highest BCUT2D eigenvalue weighted by Gasteiger charge is 2.58. The zero-order valence-corrected chi connectivity index (χ0v) is 21.1. The van der Waals surface area contributed by atoms with Crippen LogP contribution in [0.5, 0.6) is 0 Å². The Kier molecular flexibility index (Phi) is 4.66. The molecule has 0 bridgehead atoms. The molecule has 37 heavy (non-hydrogen) atoms. The summed E-state index contributed by atoms with van der Waals surface area (Å²) in [7, 11) is 1.84. The molecule has 3 heterocycles. The molecule has 0 radical (unpaired) electrons. The first-order valence-electron chi connectivity index (χ1n) is 13.1. The van der Waals surface area contributed by atoms with Gasteiger partial charge in [0.25, 0.3) is 5.91 Å². The second-order valence-corrected chi connectivity index (χ2v) is 11.1. The van der Waals surface area contributed by atoms with Gasteiger partial charge in [0.2, 0.25) is 5.91 Å². The number of nitriles is 1. The zero-order chi connectivity index (χ0) is 25.5. The van der Waals surface area contributed by atoms with Crippen LogP contribution in [0.15, 0.2) is 41.4 Å². The molecule has 2 aromatic carbocycles. The summed E-state index contributed by atoms with van der Waals surface area (Å²) in [6.07, 6.45) is 3.67. The van der Waals surface area contributed by atoms with Crippen molar-refractivity contribution in [3.05, 3.63) is 53.2 Å². The second kappa shape index (κ2) is 7.75. The number of fused-ring (bicyclic) bond motifs is 1. The fourth-order valence-corrected chi connectivity index (χ4v) is 5.81. The first kappa shape index (κ1) is 22.2. The summed E-state index contributed by atoms with van der Waals surface area (Å²) in [5.74, 6) is 1.71. The SMILES string of the molecule is Cc1cc(-c2ccc3c(c2)c(C#N)nn3C)ccc1C1=NC2(CC2)C(=O)N1CC1CN(C(=O)C2CC2)C1. The van der Waals surface area contributed by atoms with Crippen LogP contribution in [-0.4, -0.2) is 62.4 Å². The maximum Gasteiger partial charge on any atom is 0.256 e. The van der Waals surface area contributed by atoms with E-state index in [1.54, 1.807) is 4.68 Å². The van der Waals surface area contributed by atoms with E-state index in [-0.39, 0.29) is 17.7 Å². The van der Waals surface area contributed by atoms with Crippen LogP contribution >= 0.6 is 0 Å². The third kappa shape index (κ3) is 3.48. The van der Waals surface area contributed by atoms with Gasteiger partial charge >= 0.3 is 0 Å². The van der Waals surface area contributed by atoms with Crippen LogP contribution in [0.25, 0.3) is 22.0 Å². The van der Waals surface area contributed by atoms with E-state index in [9.17, 15) is 14.9 Å². The number of aliphatic imine (C=N–C) groups is 1. The Balaban J connectivity index is 1.16. The number of hydrogen-bond acceptors (Lipinski definition) is 5.